The molecule has 0 heterocycles. The van der Waals surface area contributed by atoms with Gasteiger partial charge in [-0.1, -0.05) is 13.0 Å². The number of rotatable bonds is 4. The second kappa shape index (κ2) is 4.38. The number of benzene rings is 1. The van der Waals surface area contributed by atoms with Crippen molar-refractivity contribution in [1.82, 2.24) is 0 Å². The summed E-state index contributed by atoms with van der Waals surface area (Å²) in [6, 6.07) is 4.07. The molecule has 1 fully saturated rings. The topological polar surface area (TPSA) is 46.2 Å². The van der Waals surface area contributed by atoms with Crippen LogP contribution >= 0.6 is 15.9 Å². The molecule has 2 nitrogen and oxygen atoms in total. The van der Waals surface area contributed by atoms with Crippen molar-refractivity contribution in [3.05, 3.63) is 27.7 Å². The van der Waals surface area contributed by atoms with E-state index in [1.165, 1.54) is 5.56 Å². The standard InChI is InChI=1S/C13H18BrNO/c1-2-9-7-10(12(16)11(14)8-9)3-4-13(15)5-6-13/h7-8,16H,2-6,15H2,1H3. The molecular weight excluding hydrogens is 266 g/mol. The summed E-state index contributed by atoms with van der Waals surface area (Å²) in [6.45, 7) is 2.12. The highest BCUT2D eigenvalue weighted by Crippen LogP contribution is 2.38. The summed E-state index contributed by atoms with van der Waals surface area (Å²) in [5, 5.41) is 9.95. The van der Waals surface area contributed by atoms with Gasteiger partial charge < -0.3 is 10.8 Å². The van der Waals surface area contributed by atoms with Crippen LogP contribution in [0.25, 0.3) is 0 Å². The number of hydrogen-bond acceptors (Lipinski definition) is 2. The molecule has 0 aliphatic heterocycles. The normalized spacial score (nSPS) is 17.4. The van der Waals surface area contributed by atoms with E-state index in [0.29, 0.717) is 5.75 Å². The van der Waals surface area contributed by atoms with E-state index < -0.39 is 0 Å². The zero-order chi connectivity index (χ0) is 11.8. The van der Waals surface area contributed by atoms with E-state index >= 15 is 0 Å². The number of halogens is 1. The summed E-state index contributed by atoms with van der Waals surface area (Å²) >= 11 is 3.39. The van der Waals surface area contributed by atoms with Gasteiger partial charge in [0.1, 0.15) is 5.75 Å². The van der Waals surface area contributed by atoms with Crippen LogP contribution in [0, 0.1) is 0 Å². The van der Waals surface area contributed by atoms with Gasteiger partial charge in [0.05, 0.1) is 4.47 Å². The van der Waals surface area contributed by atoms with Gasteiger partial charge in [-0.3, -0.25) is 0 Å². The molecule has 0 spiro atoms. The molecule has 0 saturated heterocycles. The fraction of sp³-hybridized carbons (Fsp3) is 0.538. The Morgan fingerprint density at radius 2 is 2.12 bits per heavy atom. The summed E-state index contributed by atoms with van der Waals surface area (Å²) in [4.78, 5) is 0. The second-order valence-corrected chi connectivity index (χ2v) is 5.66. The van der Waals surface area contributed by atoms with Crippen LogP contribution in [0.3, 0.4) is 0 Å². The van der Waals surface area contributed by atoms with Gasteiger partial charge in [-0.2, -0.15) is 0 Å². The van der Waals surface area contributed by atoms with Gasteiger partial charge in [0, 0.05) is 5.54 Å². The van der Waals surface area contributed by atoms with Gasteiger partial charge in [0.2, 0.25) is 0 Å². The Balaban J connectivity index is 2.15. The van der Waals surface area contributed by atoms with Crippen molar-refractivity contribution in [2.75, 3.05) is 0 Å². The highest BCUT2D eigenvalue weighted by Gasteiger charge is 2.37. The minimum absolute atomic E-state index is 0.0567. The zero-order valence-electron chi connectivity index (χ0n) is 9.59. The molecule has 0 aromatic heterocycles. The van der Waals surface area contributed by atoms with Crippen LogP contribution in [0.5, 0.6) is 5.75 Å². The van der Waals surface area contributed by atoms with Crippen LogP contribution in [0.4, 0.5) is 0 Å². The van der Waals surface area contributed by atoms with Crippen molar-refractivity contribution in [2.24, 2.45) is 5.73 Å². The van der Waals surface area contributed by atoms with Gasteiger partial charge in [0.25, 0.3) is 0 Å². The molecule has 1 aromatic carbocycles. The molecule has 1 aliphatic carbocycles. The molecule has 0 amide bonds. The quantitative estimate of drug-likeness (QED) is 0.892. The maximum absolute atomic E-state index is 9.95. The van der Waals surface area contributed by atoms with Gasteiger partial charge in [-0.05, 0) is 65.2 Å². The average molecular weight is 284 g/mol. The number of phenols is 1. The molecule has 1 saturated carbocycles. The number of aryl methyl sites for hydroxylation is 2. The van der Waals surface area contributed by atoms with Crippen molar-refractivity contribution in [3.63, 3.8) is 0 Å². The minimum Gasteiger partial charge on any atom is -0.506 e. The van der Waals surface area contributed by atoms with Crippen LogP contribution in [-0.4, -0.2) is 10.6 Å². The number of hydrogen-bond donors (Lipinski definition) is 2. The first-order chi connectivity index (χ1) is 7.54. The molecule has 1 aliphatic rings. The Kier molecular flexibility index (Phi) is 3.27. The minimum atomic E-state index is 0.0567. The number of nitrogens with two attached hydrogens (primary N) is 1. The van der Waals surface area contributed by atoms with Crippen molar-refractivity contribution < 1.29 is 5.11 Å². The maximum Gasteiger partial charge on any atom is 0.132 e. The summed E-state index contributed by atoms with van der Waals surface area (Å²) in [5.74, 6) is 0.376. The lowest BCUT2D eigenvalue weighted by Gasteiger charge is -2.12. The monoisotopic (exact) mass is 283 g/mol. The first-order valence-electron chi connectivity index (χ1n) is 5.83. The summed E-state index contributed by atoms with van der Waals surface area (Å²) in [5.41, 5.74) is 8.38. The second-order valence-electron chi connectivity index (χ2n) is 4.80. The van der Waals surface area contributed by atoms with Crippen LogP contribution in [0.2, 0.25) is 0 Å². The van der Waals surface area contributed by atoms with E-state index in [0.717, 1.165) is 42.1 Å². The Morgan fingerprint density at radius 3 is 2.69 bits per heavy atom. The first-order valence-corrected chi connectivity index (χ1v) is 6.62. The number of phenolic OH excluding ortho intramolecular Hbond substituents is 1. The van der Waals surface area contributed by atoms with Crippen LogP contribution in [0.15, 0.2) is 16.6 Å². The molecule has 3 N–H and O–H groups in total. The highest BCUT2D eigenvalue weighted by atomic mass is 79.9. The average Bonchev–Trinajstić information content (AvgIpc) is 2.99. The van der Waals surface area contributed by atoms with Gasteiger partial charge in [0.15, 0.2) is 0 Å². The third-order valence-electron chi connectivity index (χ3n) is 3.39. The van der Waals surface area contributed by atoms with E-state index in [4.69, 9.17) is 5.73 Å². The lowest BCUT2D eigenvalue weighted by molar-refractivity contribution is 0.460. The lowest BCUT2D eigenvalue weighted by atomic mass is 10.0. The molecule has 88 valence electrons. The summed E-state index contributed by atoms with van der Waals surface area (Å²) < 4.78 is 0.795. The van der Waals surface area contributed by atoms with E-state index in [1.54, 1.807) is 0 Å². The molecule has 0 radical (unpaired) electrons. The molecule has 0 unspecified atom stereocenters. The van der Waals surface area contributed by atoms with E-state index in [-0.39, 0.29) is 5.54 Å². The third kappa shape index (κ3) is 2.58. The van der Waals surface area contributed by atoms with Gasteiger partial charge in [-0.15, -0.1) is 0 Å². The molecule has 0 atom stereocenters. The predicted octanol–water partition coefficient (Wildman–Crippen LogP) is 3.14. The SMILES string of the molecule is CCc1cc(Br)c(O)c(CCC2(N)CC2)c1. The van der Waals surface area contributed by atoms with Crippen molar-refractivity contribution >= 4 is 15.9 Å². The predicted molar refractivity (Wildman–Crippen MR) is 69.7 cm³/mol. The van der Waals surface area contributed by atoms with Crippen molar-refractivity contribution in [1.29, 1.82) is 0 Å². The zero-order valence-corrected chi connectivity index (χ0v) is 11.2. The molecular formula is C13H18BrNO. The Hall–Kier alpha value is -0.540. The van der Waals surface area contributed by atoms with E-state index in [9.17, 15) is 5.11 Å². The van der Waals surface area contributed by atoms with Gasteiger partial charge >= 0.3 is 0 Å². The van der Waals surface area contributed by atoms with Crippen molar-refractivity contribution in [3.8, 4) is 5.75 Å². The fourth-order valence-electron chi connectivity index (χ4n) is 1.91. The maximum atomic E-state index is 9.95. The Morgan fingerprint density at radius 1 is 1.44 bits per heavy atom. The first kappa shape index (κ1) is 11.9. The molecule has 1 aromatic rings. The van der Waals surface area contributed by atoms with Crippen molar-refractivity contribution in [2.45, 2.75) is 44.6 Å². The third-order valence-corrected chi connectivity index (χ3v) is 4.00. The van der Waals surface area contributed by atoms with Crippen LogP contribution in [-0.2, 0) is 12.8 Å². The van der Waals surface area contributed by atoms with E-state index in [2.05, 4.69) is 28.9 Å². The molecule has 0 bridgehead atoms. The molecule has 16 heavy (non-hydrogen) atoms. The lowest BCUT2D eigenvalue weighted by Crippen LogP contribution is -2.22. The fourth-order valence-corrected chi connectivity index (χ4v) is 2.46. The highest BCUT2D eigenvalue weighted by molar-refractivity contribution is 9.10. The largest absolute Gasteiger partial charge is 0.506 e. The summed E-state index contributed by atoms with van der Waals surface area (Å²) in [7, 11) is 0. The van der Waals surface area contributed by atoms with Crippen LogP contribution in [0.1, 0.15) is 37.3 Å². The van der Waals surface area contributed by atoms with Gasteiger partial charge in [-0.25, -0.2) is 0 Å². The smallest absolute Gasteiger partial charge is 0.132 e. The Labute approximate surface area is 105 Å². The molecule has 3 heteroatoms. The summed E-state index contributed by atoms with van der Waals surface area (Å²) in [6.07, 6.45) is 5.08. The van der Waals surface area contributed by atoms with E-state index in [1.807, 2.05) is 6.07 Å². The Bertz CT molecular complexity index is 399. The van der Waals surface area contributed by atoms with Crippen LogP contribution < -0.4 is 5.73 Å². The molecule has 2 rings (SSSR count). The number of aromatic hydroxyl groups is 1.